The maximum absolute atomic E-state index is 12.4. The fraction of sp³-hybridized carbons (Fsp3) is 0.333. The molecule has 0 bridgehead atoms. The molecule has 0 atom stereocenters. The molecule has 2 nitrogen and oxygen atoms in total. The molecule has 0 unspecified atom stereocenters. The van der Waals surface area contributed by atoms with Gasteiger partial charge in [0.1, 0.15) is 5.69 Å². The van der Waals surface area contributed by atoms with Crippen LogP contribution in [0.1, 0.15) is 33.7 Å². The number of alkyl halides is 3. The number of halogens is 3. The minimum Gasteiger partial charge on any atom is -0.298 e. The van der Waals surface area contributed by atoms with E-state index in [1.807, 2.05) is 0 Å². The maximum Gasteiger partial charge on any atom is 0.281 e. The van der Waals surface area contributed by atoms with Gasteiger partial charge in [0, 0.05) is 10.9 Å². The van der Waals surface area contributed by atoms with Crippen LogP contribution in [0.3, 0.4) is 0 Å². The molecule has 1 rings (SSSR count). The first kappa shape index (κ1) is 11.2. The van der Waals surface area contributed by atoms with E-state index < -0.39 is 12.1 Å². The van der Waals surface area contributed by atoms with Gasteiger partial charge in [0.15, 0.2) is 6.29 Å². The molecule has 0 saturated carbocycles. The molecule has 1 aromatic rings. The quantitative estimate of drug-likeness (QED) is 0.620. The van der Waals surface area contributed by atoms with E-state index >= 15 is 0 Å². The third-order valence-electron chi connectivity index (χ3n) is 1.84. The first-order valence-corrected chi connectivity index (χ1v) is 5.02. The summed E-state index contributed by atoms with van der Waals surface area (Å²) >= 11 is 3.14. The SMILES string of the molecule is Cc1cc(C=O)c(C(F)F)nc1CBr. The highest BCUT2D eigenvalue weighted by molar-refractivity contribution is 9.08. The summed E-state index contributed by atoms with van der Waals surface area (Å²) in [5, 5.41) is 0.400. The molecule has 0 N–H and O–H groups in total. The number of aromatic nitrogens is 1. The van der Waals surface area contributed by atoms with E-state index in [0.717, 1.165) is 5.56 Å². The fourth-order valence-corrected chi connectivity index (χ4v) is 1.66. The third kappa shape index (κ3) is 2.15. The average molecular weight is 264 g/mol. The number of nitrogens with zero attached hydrogens (tertiary/aromatic N) is 1. The second-order valence-electron chi connectivity index (χ2n) is 2.78. The van der Waals surface area contributed by atoms with Gasteiger partial charge in [-0.3, -0.25) is 4.79 Å². The van der Waals surface area contributed by atoms with Crippen molar-refractivity contribution < 1.29 is 13.6 Å². The second kappa shape index (κ2) is 4.59. The summed E-state index contributed by atoms with van der Waals surface area (Å²) in [5.41, 5.74) is 0.779. The van der Waals surface area contributed by atoms with Crippen molar-refractivity contribution in [1.29, 1.82) is 0 Å². The zero-order valence-corrected chi connectivity index (χ0v) is 9.01. The van der Waals surface area contributed by atoms with E-state index in [4.69, 9.17) is 0 Å². The van der Waals surface area contributed by atoms with Gasteiger partial charge in [0.25, 0.3) is 6.43 Å². The van der Waals surface area contributed by atoms with Crippen LogP contribution in [0.5, 0.6) is 0 Å². The molecule has 0 fully saturated rings. The Morgan fingerprint density at radius 2 is 2.29 bits per heavy atom. The Hall–Kier alpha value is -0.840. The molecule has 0 radical (unpaired) electrons. The zero-order chi connectivity index (χ0) is 10.7. The molecule has 0 amide bonds. The molecule has 0 aliphatic rings. The van der Waals surface area contributed by atoms with E-state index in [9.17, 15) is 13.6 Å². The average Bonchev–Trinajstić information content (AvgIpc) is 2.16. The lowest BCUT2D eigenvalue weighted by molar-refractivity contribution is 0.110. The second-order valence-corrected chi connectivity index (χ2v) is 3.34. The highest BCUT2D eigenvalue weighted by Crippen LogP contribution is 2.22. The maximum atomic E-state index is 12.4. The smallest absolute Gasteiger partial charge is 0.281 e. The van der Waals surface area contributed by atoms with Crippen LogP contribution in [0.15, 0.2) is 6.07 Å². The molecule has 0 saturated heterocycles. The minimum atomic E-state index is -2.71. The highest BCUT2D eigenvalue weighted by Gasteiger charge is 2.16. The van der Waals surface area contributed by atoms with Crippen molar-refractivity contribution in [3.8, 4) is 0 Å². The lowest BCUT2D eigenvalue weighted by atomic mass is 10.1. The van der Waals surface area contributed by atoms with Gasteiger partial charge in [-0.2, -0.15) is 0 Å². The summed E-state index contributed by atoms with van der Waals surface area (Å²) < 4.78 is 24.9. The number of rotatable bonds is 3. The van der Waals surface area contributed by atoms with Crippen LogP contribution >= 0.6 is 15.9 Å². The van der Waals surface area contributed by atoms with Crippen molar-refractivity contribution in [2.45, 2.75) is 18.7 Å². The lowest BCUT2D eigenvalue weighted by Crippen LogP contribution is -2.02. The van der Waals surface area contributed by atoms with Crippen LogP contribution in [0.4, 0.5) is 8.78 Å². The Morgan fingerprint density at radius 3 is 2.71 bits per heavy atom. The van der Waals surface area contributed by atoms with Gasteiger partial charge < -0.3 is 0 Å². The van der Waals surface area contributed by atoms with Crippen molar-refractivity contribution in [3.63, 3.8) is 0 Å². The normalized spacial score (nSPS) is 10.6. The zero-order valence-electron chi connectivity index (χ0n) is 7.43. The molecule has 76 valence electrons. The van der Waals surface area contributed by atoms with E-state index in [-0.39, 0.29) is 5.56 Å². The van der Waals surface area contributed by atoms with Crippen molar-refractivity contribution in [2.24, 2.45) is 0 Å². The molecule has 0 aliphatic heterocycles. The van der Waals surface area contributed by atoms with Gasteiger partial charge >= 0.3 is 0 Å². The summed E-state index contributed by atoms with van der Waals surface area (Å²) in [5.74, 6) is 0. The molecule has 14 heavy (non-hydrogen) atoms. The van der Waals surface area contributed by atoms with Crippen molar-refractivity contribution in [1.82, 2.24) is 4.98 Å². The molecule has 0 spiro atoms. The summed E-state index contributed by atoms with van der Waals surface area (Å²) in [6.07, 6.45) is -2.31. The Bertz CT molecular complexity index is 355. The third-order valence-corrected chi connectivity index (χ3v) is 2.37. The largest absolute Gasteiger partial charge is 0.298 e. The fourth-order valence-electron chi connectivity index (χ4n) is 1.09. The van der Waals surface area contributed by atoms with Crippen LogP contribution in [-0.2, 0) is 5.33 Å². The Labute approximate surface area is 88.5 Å². The number of hydrogen-bond donors (Lipinski definition) is 0. The van der Waals surface area contributed by atoms with Gasteiger partial charge in [0.05, 0.1) is 5.69 Å². The van der Waals surface area contributed by atoms with Crippen LogP contribution in [-0.4, -0.2) is 11.3 Å². The number of aldehydes is 1. The van der Waals surface area contributed by atoms with Crippen LogP contribution in [0.2, 0.25) is 0 Å². The predicted octanol–water partition coefficient (Wildman–Crippen LogP) is 3.04. The summed E-state index contributed by atoms with van der Waals surface area (Å²) in [7, 11) is 0. The monoisotopic (exact) mass is 263 g/mol. The van der Waals surface area contributed by atoms with Crippen molar-refractivity contribution in [2.75, 3.05) is 0 Å². The number of hydrogen-bond acceptors (Lipinski definition) is 2. The van der Waals surface area contributed by atoms with Crippen LogP contribution in [0.25, 0.3) is 0 Å². The molecule has 0 aromatic carbocycles. The van der Waals surface area contributed by atoms with Crippen LogP contribution in [0, 0.1) is 6.92 Å². The molecule has 5 heteroatoms. The molecule has 1 aromatic heterocycles. The summed E-state index contributed by atoms with van der Waals surface area (Å²) in [6.45, 7) is 1.73. The van der Waals surface area contributed by atoms with E-state index in [1.165, 1.54) is 6.07 Å². The van der Waals surface area contributed by atoms with Crippen LogP contribution < -0.4 is 0 Å². The first-order chi connectivity index (χ1) is 6.60. The summed E-state index contributed by atoms with van der Waals surface area (Å²) in [6, 6.07) is 1.43. The Morgan fingerprint density at radius 1 is 1.64 bits per heavy atom. The standard InChI is InChI=1S/C9H8BrF2NO/c1-5-2-6(4-14)8(9(11)12)13-7(5)3-10/h2,4,9H,3H2,1H3. The Balaban J connectivity index is 3.32. The highest BCUT2D eigenvalue weighted by atomic mass is 79.9. The molecular weight excluding hydrogens is 256 g/mol. The van der Waals surface area contributed by atoms with Crippen molar-refractivity contribution >= 4 is 22.2 Å². The van der Waals surface area contributed by atoms with Gasteiger partial charge in [-0.15, -0.1) is 0 Å². The summed E-state index contributed by atoms with van der Waals surface area (Å²) in [4.78, 5) is 14.2. The lowest BCUT2D eigenvalue weighted by Gasteiger charge is -2.07. The van der Waals surface area contributed by atoms with Gasteiger partial charge in [0.2, 0.25) is 0 Å². The van der Waals surface area contributed by atoms with Gasteiger partial charge in [-0.05, 0) is 18.6 Å². The van der Waals surface area contributed by atoms with E-state index in [1.54, 1.807) is 6.92 Å². The topological polar surface area (TPSA) is 30.0 Å². The van der Waals surface area contributed by atoms with Gasteiger partial charge in [-0.25, -0.2) is 13.8 Å². The number of carbonyl (C=O) groups is 1. The minimum absolute atomic E-state index is 0.0396. The molecule has 0 aliphatic carbocycles. The van der Waals surface area contributed by atoms with E-state index in [2.05, 4.69) is 20.9 Å². The number of carbonyl (C=O) groups excluding carboxylic acids is 1. The Kier molecular flexibility index (Phi) is 3.69. The number of aryl methyl sites for hydroxylation is 1. The van der Waals surface area contributed by atoms with Gasteiger partial charge in [-0.1, -0.05) is 15.9 Å². The molecule has 1 heterocycles. The molecular formula is C9H8BrF2NO. The first-order valence-electron chi connectivity index (χ1n) is 3.89. The van der Waals surface area contributed by atoms with E-state index in [0.29, 0.717) is 17.3 Å². The predicted molar refractivity (Wildman–Crippen MR) is 51.9 cm³/mol. The number of pyridine rings is 1. The van der Waals surface area contributed by atoms with Crippen molar-refractivity contribution in [3.05, 3.63) is 28.6 Å².